The van der Waals surface area contributed by atoms with E-state index in [4.69, 9.17) is 9.94 Å². The molecule has 6 aliphatic rings. The lowest BCUT2D eigenvalue weighted by Gasteiger charge is -2.59. The molecule has 6 aliphatic carbocycles. The van der Waals surface area contributed by atoms with Crippen LogP contribution >= 0.6 is 0 Å². The van der Waals surface area contributed by atoms with Crippen LogP contribution < -0.4 is 5.48 Å². The molecule has 0 saturated heterocycles. The lowest BCUT2D eigenvalue weighted by molar-refractivity contribution is -0.110. The Balaban J connectivity index is 1.13. The highest BCUT2D eigenvalue weighted by molar-refractivity contribution is 5.29. The van der Waals surface area contributed by atoms with Crippen LogP contribution in [0.5, 0.6) is 0 Å². The van der Waals surface area contributed by atoms with Gasteiger partial charge in [0.1, 0.15) is 6.61 Å². The molecule has 0 radical (unpaired) electrons. The first-order valence-corrected chi connectivity index (χ1v) is 13.2. The predicted octanol–water partition coefficient (Wildman–Crippen LogP) is 5.89. The average Bonchev–Trinajstić information content (AvgIpc) is 3.12. The van der Waals surface area contributed by atoms with E-state index in [1.807, 2.05) is 0 Å². The van der Waals surface area contributed by atoms with E-state index in [0.717, 1.165) is 17.8 Å². The van der Waals surface area contributed by atoms with Gasteiger partial charge in [0.2, 0.25) is 0 Å². The van der Waals surface area contributed by atoms with E-state index >= 15 is 0 Å². The fraction of sp³-hybridized carbons (Fsp3) is 0.885. The standard InChI is InChI=1S/C26H41N3O/c1-18(26-14-19-11-20(15-26)13-21(12-19)16-26)28-30-17-24-23-9-5-6-10-25(23)29(27-24)22-7-3-2-4-8-22/h18-22,28H,2-17H2,1H3. The second-order valence-corrected chi connectivity index (χ2v) is 11.7. The van der Waals surface area contributed by atoms with Crippen LogP contribution in [0.15, 0.2) is 0 Å². The van der Waals surface area contributed by atoms with E-state index in [-0.39, 0.29) is 0 Å². The summed E-state index contributed by atoms with van der Waals surface area (Å²) in [5.74, 6) is 3.00. The number of hydroxylamine groups is 1. The topological polar surface area (TPSA) is 39.1 Å². The summed E-state index contributed by atoms with van der Waals surface area (Å²) >= 11 is 0. The molecular weight excluding hydrogens is 370 g/mol. The van der Waals surface area contributed by atoms with Crippen molar-refractivity contribution in [3.8, 4) is 0 Å². The Morgan fingerprint density at radius 2 is 1.63 bits per heavy atom. The van der Waals surface area contributed by atoms with Crippen LogP contribution in [0.1, 0.15) is 113 Å². The Kier molecular flexibility index (Phi) is 5.22. The van der Waals surface area contributed by atoms with Gasteiger partial charge >= 0.3 is 0 Å². The van der Waals surface area contributed by atoms with Gasteiger partial charge in [-0.3, -0.25) is 9.52 Å². The molecule has 4 bridgehead atoms. The molecule has 0 spiro atoms. The number of nitrogens with one attached hydrogen (secondary N) is 1. The monoisotopic (exact) mass is 411 g/mol. The largest absolute Gasteiger partial charge is 0.295 e. The third-order valence-electron chi connectivity index (χ3n) is 9.69. The lowest BCUT2D eigenvalue weighted by Crippen LogP contribution is -2.54. The van der Waals surface area contributed by atoms with Crippen molar-refractivity contribution in [1.29, 1.82) is 0 Å². The minimum Gasteiger partial charge on any atom is -0.295 e. The Hall–Kier alpha value is -0.870. The Morgan fingerprint density at radius 3 is 2.33 bits per heavy atom. The maximum absolute atomic E-state index is 6.21. The zero-order valence-electron chi connectivity index (χ0n) is 19.0. The quantitative estimate of drug-likeness (QED) is 0.593. The van der Waals surface area contributed by atoms with Crippen molar-refractivity contribution in [2.45, 2.75) is 122 Å². The Bertz CT molecular complexity index is 727. The predicted molar refractivity (Wildman–Crippen MR) is 119 cm³/mol. The average molecular weight is 412 g/mol. The highest BCUT2D eigenvalue weighted by atomic mass is 16.6. The van der Waals surface area contributed by atoms with Gasteiger partial charge in [-0.05, 0) is 113 Å². The van der Waals surface area contributed by atoms with Gasteiger partial charge in [0.25, 0.3) is 0 Å². The summed E-state index contributed by atoms with van der Waals surface area (Å²) in [7, 11) is 0. The van der Waals surface area contributed by atoms with Gasteiger partial charge < -0.3 is 0 Å². The highest BCUT2D eigenvalue weighted by Gasteiger charge is 2.53. The lowest BCUT2D eigenvalue weighted by atomic mass is 9.48. The molecule has 1 N–H and O–H groups in total. The minimum absolute atomic E-state index is 0.460. The van der Waals surface area contributed by atoms with Crippen LogP contribution in [0.4, 0.5) is 0 Å². The summed E-state index contributed by atoms with van der Waals surface area (Å²) in [5, 5.41) is 5.16. The number of hydrogen-bond acceptors (Lipinski definition) is 3. The summed E-state index contributed by atoms with van der Waals surface area (Å²) in [5.41, 5.74) is 8.32. The molecule has 1 aromatic rings. The van der Waals surface area contributed by atoms with Gasteiger partial charge in [-0.1, -0.05) is 19.3 Å². The van der Waals surface area contributed by atoms with E-state index < -0.39 is 0 Å². The van der Waals surface area contributed by atoms with Crippen molar-refractivity contribution >= 4 is 0 Å². The Labute approximate surface area is 182 Å². The van der Waals surface area contributed by atoms with Crippen LogP contribution in [-0.2, 0) is 24.3 Å². The zero-order chi connectivity index (χ0) is 20.1. The molecule has 1 heterocycles. The van der Waals surface area contributed by atoms with Gasteiger partial charge in [0.15, 0.2) is 0 Å². The number of fused-ring (bicyclic) bond motifs is 1. The first kappa shape index (κ1) is 19.8. The zero-order valence-corrected chi connectivity index (χ0v) is 19.0. The molecular formula is C26H41N3O. The number of nitrogens with zero attached hydrogens (tertiary/aromatic N) is 2. The van der Waals surface area contributed by atoms with E-state index in [1.165, 1.54) is 108 Å². The number of hydrogen-bond donors (Lipinski definition) is 1. The number of rotatable bonds is 6. The normalized spacial score (nSPS) is 36.8. The Morgan fingerprint density at radius 1 is 0.967 bits per heavy atom. The van der Waals surface area contributed by atoms with E-state index in [9.17, 15) is 0 Å². The molecule has 1 aromatic heterocycles. The summed E-state index contributed by atoms with van der Waals surface area (Å²) in [6.07, 6.45) is 20.7. The van der Waals surface area contributed by atoms with Crippen LogP contribution in [0.3, 0.4) is 0 Å². The molecule has 30 heavy (non-hydrogen) atoms. The molecule has 1 unspecified atom stereocenters. The van der Waals surface area contributed by atoms with Gasteiger partial charge in [-0.25, -0.2) is 0 Å². The summed E-state index contributed by atoms with van der Waals surface area (Å²) < 4.78 is 2.44. The van der Waals surface area contributed by atoms with Crippen molar-refractivity contribution in [3.63, 3.8) is 0 Å². The maximum atomic E-state index is 6.21. The van der Waals surface area contributed by atoms with E-state index in [0.29, 0.717) is 24.1 Å². The van der Waals surface area contributed by atoms with Gasteiger partial charge in [-0.2, -0.15) is 10.6 Å². The van der Waals surface area contributed by atoms with Crippen LogP contribution in [0, 0.1) is 23.2 Å². The maximum Gasteiger partial charge on any atom is 0.112 e. The van der Waals surface area contributed by atoms with E-state index in [2.05, 4.69) is 17.1 Å². The van der Waals surface area contributed by atoms with Gasteiger partial charge in [0.05, 0.1) is 11.7 Å². The van der Waals surface area contributed by atoms with Crippen LogP contribution in [-0.4, -0.2) is 15.8 Å². The fourth-order valence-corrected chi connectivity index (χ4v) is 8.52. The van der Waals surface area contributed by atoms with Crippen molar-refractivity contribution in [3.05, 3.63) is 17.0 Å². The molecule has 0 aromatic carbocycles. The highest BCUT2D eigenvalue weighted by Crippen LogP contribution is 2.61. The molecule has 4 nitrogen and oxygen atoms in total. The molecule has 4 heteroatoms. The van der Waals surface area contributed by atoms with Crippen molar-refractivity contribution < 1.29 is 4.84 Å². The molecule has 0 aliphatic heterocycles. The second-order valence-electron chi connectivity index (χ2n) is 11.7. The molecule has 7 rings (SSSR count). The van der Waals surface area contributed by atoms with Gasteiger partial charge in [0, 0.05) is 11.7 Å². The molecule has 1 atom stereocenters. The fourth-order valence-electron chi connectivity index (χ4n) is 8.52. The third kappa shape index (κ3) is 3.46. The van der Waals surface area contributed by atoms with Crippen LogP contribution in [0.25, 0.3) is 0 Å². The summed E-state index contributed by atoms with van der Waals surface area (Å²) in [4.78, 5) is 6.21. The SMILES string of the molecule is CC(NOCc1nn(C2CCCCC2)c2c1CCCC2)C12CC3CC(CC(C3)C1)C2. The molecule has 166 valence electrons. The van der Waals surface area contributed by atoms with Crippen LogP contribution in [0.2, 0.25) is 0 Å². The van der Waals surface area contributed by atoms with Crippen molar-refractivity contribution in [2.75, 3.05) is 0 Å². The van der Waals surface area contributed by atoms with Crippen molar-refractivity contribution in [2.24, 2.45) is 23.2 Å². The first-order valence-electron chi connectivity index (χ1n) is 13.2. The number of aromatic nitrogens is 2. The van der Waals surface area contributed by atoms with Gasteiger partial charge in [-0.15, -0.1) is 0 Å². The first-order chi connectivity index (χ1) is 14.7. The summed E-state index contributed by atoms with van der Waals surface area (Å²) in [6, 6.07) is 1.10. The minimum atomic E-state index is 0.460. The molecule has 5 saturated carbocycles. The smallest absolute Gasteiger partial charge is 0.112 e. The van der Waals surface area contributed by atoms with E-state index in [1.54, 1.807) is 5.69 Å². The molecule has 5 fully saturated rings. The summed E-state index contributed by atoms with van der Waals surface area (Å²) in [6.45, 7) is 3.03. The van der Waals surface area contributed by atoms with Crippen molar-refractivity contribution in [1.82, 2.24) is 15.3 Å². The molecule has 0 amide bonds. The second kappa shape index (κ2) is 7.92. The third-order valence-corrected chi connectivity index (χ3v) is 9.69.